The van der Waals surface area contributed by atoms with Crippen molar-refractivity contribution in [3.8, 4) is 23.5 Å². The van der Waals surface area contributed by atoms with E-state index < -0.39 is 21.7 Å². The molecule has 1 aromatic heterocycles. The molecule has 2 aliphatic heterocycles. The van der Waals surface area contributed by atoms with Crippen LogP contribution in [0.15, 0.2) is 47.0 Å². The van der Waals surface area contributed by atoms with Crippen LogP contribution in [0.5, 0.6) is 11.6 Å². The predicted octanol–water partition coefficient (Wildman–Crippen LogP) is 5.59. The molecule has 13 heteroatoms. The molecule has 2 aromatic carbocycles. The zero-order valence-electron chi connectivity index (χ0n) is 29.4. The number of aromatic nitrogens is 2. The fourth-order valence-corrected chi connectivity index (χ4v) is 10.2. The van der Waals surface area contributed by atoms with Crippen LogP contribution in [0, 0.1) is 29.6 Å². The summed E-state index contributed by atoms with van der Waals surface area (Å²) in [7, 11) is 1.12. The third-order valence-electron chi connectivity index (χ3n) is 10.8. The van der Waals surface area contributed by atoms with Gasteiger partial charge in [-0.1, -0.05) is 30.5 Å². The molecular formula is C38H44ClN5O6S. The number of hydrogen-bond donors (Lipinski definition) is 1. The van der Waals surface area contributed by atoms with Crippen LogP contribution >= 0.6 is 11.6 Å². The van der Waals surface area contributed by atoms with Crippen molar-refractivity contribution in [3.63, 3.8) is 0 Å². The minimum absolute atomic E-state index is 0.0728. The predicted molar refractivity (Wildman–Crippen MR) is 196 cm³/mol. The van der Waals surface area contributed by atoms with Crippen molar-refractivity contribution in [1.82, 2.24) is 14.5 Å². The second-order valence-electron chi connectivity index (χ2n) is 14.4. The third kappa shape index (κ3) is 7.08. The normalized spacial score (nSPS) is 28.8. The summed E-state index contributed by atoms with van der Waals surface area (Å²) in [6.45, 7) is 3.79. The molecule has 2 aliphatic carbocycles. The van der Waals surface area contributed by atoms with Crippen LogP contribution in [-0.2, 0) is 33.5 Å². The summed E-state index contributed by atoms with van der Waals surface area (Å²) in [5.74, 6) is 6.19. The first-order valence-corrected chi connectivity index (χ1v) is 19.6. The largest absolute Gasteiger partial charge is 0.490 e. The average molecular weight is 734 g/mol. The van der Waals surface area contributed by atoms with Gasteiger partial charge in [0.15, 0.2) is 0 Å². The van der Waals surface area contributed by atoms with E-state index in [4.69, 9.17) is 25.8 Å². The van der Waals surface area contributed by atoms with Gasteiger partial charge in [-0.05, 0) is 85.4 Å². The van der Waals surface area contributed by atoms with E-state index in [0.717, 1.165) is 49.4 Å². The van der Waals surface area contributed by atoms with Gasteiger partial charge in [-0.3, -0.25) is 19.0 Å². The van der Waals surface area contributed by atoms with Gasteiger partial charge in [0.25, 0.3) is 11.8 Å². The molecule has 2 amide bonds. The Morgan fingerprint density at radius 3 is 2.80 bits per heavy atom. The minimum Gasteiger partial charge on any atom is -0.490 e. The number of aryl methyl sites for hydroxylation is 2. The lowest BCUT2D eigenvalue weighted by Gasteiger charge is -2.45. The smallest absolute Gasteiger partial charge is 0.286 e. The van der Waals surface area contributed by atoms with Gasteiger partial charge in [0, 0.05) is 61.8 Å². The van der Waals surface area contributed by atoms with Gasteiger partial charge in [0.2, 0.25) is 5.88 Å². The van der Waals surface area contributed by atoms with Crippen LogP contribution < -0.4 is 19.1 Å². The van der Waals surface area contributed by atoms with E-state index in [1.807, 2.05) is 19.1 Å². The Labute approximate surface area is 304 Å². The van der Waals surface area contributed by atoms with E-state index in [1.54, 1.807) is 26.3 Å². The average Bonchev–Trinajstić information content (AvgIpc) is 3.40. The zero-order chi connectivity index (χ0) is 35.9. The van der Waals surface area contributed by atoms with Gasteiger partial charge in [-0.25, -0.2) is 4.21 Å². The lowest BCUT2D eigenvalue weighted by molar-refractivity contribution is 0.0190. The molecule has 1 N–H and O–H groups in total. The zero-order valence-corrected chi connectivity index (χ0v) is 31.0. The molecule has 7 rings (SSSR count). The Bertz CT molecular complexity index is 2050. The molecule has 6 atom stereocenters. The maximum absolute atomic E-state index is 14.5. The van der Waals surface area contributed by atoms with Gasteiger partial charge in [-0.2, -0.15) is 0 Å². The quantitative estimate of drug-likeness (QED) is 0.344. The van der Waals surface area contributed by atoms with Gasteiger partial charge >= 0.3 is 0 Å². The molecule has 4 aliphatic rings. The highest BCUT2D eigenvalue weighted by Crippen LogP contribution is 2.47. The van der Waals surface area contributed by atoms with Crippen molar-refractivity contribution < 1.29 is 28.0 Å². The highest BCUT2D eigenvalue weighted by atomic mass is 35.5. The topological polar surface area (TPSA) is 124 Å². The van der Waals surface area contributed by atoms with Crippen molar-refractivity contribution >= 4 is 39.0 Å². The number of methoxy groups -OCH3 is 2. The summed E-state index contributed by atoms with van der Waals surface area (Å²) >= 11 is 6.45. The number of rotatable bonds is 4. The van der Waals surface area contributed by atoms with Crippen molar-refractivity contribution in [2.45, 2.75) is 57.0 Å². The molecule has 1 spiro atoms. The second kappa shape index (κ2) is 14.2. The highest BCUT2D eigenvalue weighted by molar-refractivity contribution is 7.92. The van der Waals surface area contributed by atoms with Crippen LogP contribution in [0.4, 0.5) is 5.69 Å². The molecular weight excluding hydrogens is 690 g/mol. The Hall–Kier alpha value is -4.05. The third-order valence-corrected chi connectivity index (χ3v) is 13.0. The number of hydrogen-bond acceptors (Lipinski definition) is 8. The highest BCUT2D eigenvalue weighted by Gasteiger charge is 2.44. The molecule has 0 radical (unpaired) electrons. The minimum atomic E-state index is -3.63. The number of nitrogens with zero attached hydrogens (tertiary/aromatic N) is 4. The van der Waals surface area contributed by atoms with E-state index >= 15 is 0 Å². The van der Waals surface area contributed by atoms with E-state index in [1.165, 1.54) is 29.1 Å². The fourth-order valence-electron chi connectivity index (χ4n) is 8.13. The Balaban J connectivity index is 1.31. The summed E-state index contributed by atoms with van der Waals surface area (Å²) in [6.07, 6.45) is 6.59. The second-order valence-corrected chi connectivity index (χ2v) is 16.9. The number of ether oxygens (including phenoxy) is 3. The SMILES string of the molecule is COc1nn(C)cc1C(=O)N[S@@]1(=O)=NC(=O)c2ccc3c(c2)N(C[C@@H]2CC[C@H]2[C@@H](OC)C#CC[C@H](C)C1)C[C@@]1(CCCc2cc(Cl)ccc21)CO3. The summed E-state index contributed by atoms with van der Waals surface area (Å²) < 4.78 is 40.6. The van der Waals surface area contributed by atoms with E-state index in [0.29, 0.717) is 31.2 Å². The lowest BCUT2D eigenvalue weighted by atomic mass is 9.68. The molecule has 3 heterocycles. The van der Waals surface area contributed by atoms with Crippen LogP contribution in [0.3, 0.4) is 0 Å². The molecule has 3 aromatic rings. The van der Waals surface area contributed by atoms with Crippen molar-refractivity contribution in [2.75, 3.05) is 44.6 Å². The molecule has 2 bridgehead atoms. The Kier molecular flexibility index (Phi) is 9.82. The van der Waals surface area contributed by atoms with Crippen LogP contribution in [0.1, 0.15) is 70.9 Å². The van der Waals surface area contributed by atoms with Crippen molar-refractivity contribution in [1.29, 1.82) is 0 Å². The molecule has 11 nitrogen and oxygen atoms in total. The number of halogens is 1. The number of benzene rings is 2. The monoisotopic (exact) mass is 733 g/mol. The summed E-state index contributed by atoms with van der Waals surface area (Å²) in [5, 5.41) is 4.87. The molecule has 51 heavy (non-hydrogen) atoms. The van der Waals surface area contributed by atoms with E-state index in [9.17, 15) is 13.8 Å². The molecule has 1 fully saturated rings. The fraction of sp³-hybridized carbons (Fsp3) is 0.500. The van der Waals surface area contributed by atoms with Gasteiger partial charge < -0.3 is 19.1 Å². The van der Waals surface area contributed by atoms with Crippen molar-refractivity contribution in [2.24, 2.45) is 29.2 Å². The lowest BCUT2D eigenvalue weighted by Crippen LogP contribution is -2.49. The Morgan fingerprint density at radius 2 is 2.04 bits per heavy atom. The maximum Gasteiger partial charge on any atom is 0.286 e. The van der Waals surface area contributed by atoms with E-state index in [2.05, 4.69) is 43.1 Å². The van der Waals surface area contributed by atoms with Crippen LogP contribution in [0.25, 0.3) is 0 Å². The number of fused-ring (bicyclic) bond motifs is 4. The first-order chi connectivity index (χ1) is 24.5. The summed E-state index contributed by atoms with van der Waals surface area (Å²) in [4.78, 5) is 29.8. The maximum atomic E-state index is 14.5. The van der Waals surface area contributed by atoms with Gasteiger partial charge in [0.05, 0.1) is 25.2 Å². The van der Waals surface area contributed by atoms with Gasteiger partial charge in [-0.15, -0.1) is 15.4 Å². The Morgan fingerprint density at radius 1 is 1.20 bits per heavy atom. The molecule has 1 saturated carbocycles. The van der Waals surface area contributed by atoms with Crippen LogP contribution in [-0.4, -0.2) is 71.6 Å². The summed E-state index contributed by atoms with van der Waals surface area (Å²) in [5.41, 5.74) is 3.35. The first-order valence-electron chi connectivity index (χ1n) is 17.5. The number of amides is 2. The first kappa shape index (κ1) is 35.4. The number of carbonyl (C=O) groups excluding carboxylic acids is 2. The van der Waals surface area contributed by atoms with Gasteiger partial charge in [0.1, 0.15) is 27.3 Å². The number of nitrogens with one attached hydrogen (secondary N) is 1. The van der Waals surface area contributed by atoms with E-state index in [-0.39, 0.29) is 46.1 Å². The number of carbonyl (C=O) groups is 2. The molecule has 270 valence electrons. The standard InChI is InChI=1S/C38H44ClN5O6S/c1-24-7-5-9-33(48-3)29-13-10-27(29)19-44-22-38(16-6-8-25-17-28(39)12-14-31(25)38)23-50-34-15-11-26(18-32(34)44)35(45)41-51(47,21-24)42-36(46)30-20-43(2)40-37(30)49-4/h11-12,14-15,17-18,20,24,27,29,33H,6-8,10,13,16,19,21-23H2,1-4H3,(H,41,42,45,46,47)/t24-,27-,29+,33-,38-,51-/m0/s1. The van der Waals surface area contributed by atoms with Crippen LogP contribution in [0.2, 0.25) is 5.02 Å². The van der Waals surface area contributed by atoms with Crippen molar-refractivity contribution in [3.05, 3.63) is 69.9 Å². The number of anilines is 1. The summed E-state index contributed by atoms with van der Waals surface area (Å²) in [6, 6.07) is 11.5. The molecule has 0 unspecified atom stereocenters. The molecule has 0 saturated heterocycles.